The topological polar surface area (TPSA) is 81.4 Å². The number of carbonyl (C=O) groups is 2. The summed E-state index contributed by atoms with van der Waals surface area (Å²) in [6.45, 7) is 6.55. The molecule has 1 aromatic rings. The van der Waals surface area contributed by atoms with Crippen LogP contribution in [0.1, 0.15) is 36.7 Å². The van der Waals surface area contributed by atoms with Gasteiger partial charge in [0.05, 0.1) is 0 Å². The zero-order valence-electron chi connectivity index (χ0n) is 10.8. The molecule has 3 N–H and O–H groups in total. The van der Waals surface area contributed by atoms with E-state index in [1.807, 2.05) is 26.8 Å². The van der Waals surface area contributed by atoms with Gasteiger partial charge in [-0.1, -0.05) is 6.07 Å². The van der Waals surface area contributed by atoms with Crippen molar-refractivity contribution in [3.05, 3.63) is 29.3 Å². The monoisotopic (exact) mass is 250 g/mol. The molecule has 5 heteroatoms. The number of hydrogen-bond acceptors (Lipinski definition) is 4. The van der Waals surface area contributed by atoms with E-state index in [1.165, 1.54) is 0 Å². The summed E-state index contributed by atoms with van der Waals surface area (Å²) in [6, 6.07) is 5.39. The number of fused-ring (bicyclic) bond motifs is 1. The van der Waals surface area contributed by atoms with Gasteiger partial charge in [-0.25, -0.2) is 0 Å². The number of benzene rings is 1. The molecule has 0 aromatic heterocycles. The molecule has 18 heavy (non-hydrogen) atoms. The molecule has 0 spiro atoms. The number of nitrogens with one attached hydrogen (secondary N) is 1. The van der Waals surface area contributed by atoms with Crippen LogP contribution in [0.25, 0.3) is 0 Å². The quantitative estimate of drug-likeness (QED) is 0.584. The van der Waals surface area contributed by atoms with E-state index in [1.54, 1.807) is 12.1 Å². The highest BCUT2D eigenvalue weighted by atomic mass is 16.5. The van der Waals surface area contributed by atoms with Gasteiger partial charge >= 0.3 is 0 Å². The van der Waals surface area contributed by atoms with Crippen LogP contribution < -0.4 is 11.1 Å². The van der Waals surface area contributed by atoms with Crippen molar-refractivity contribution in [2.45, 2.75) is 32.9 Å². The summed E-state index contributed by atoms with van der Waals surface area (Å²) in [5.74, 6) is -0.0210. The Hall–Kier alpha value is -2.04. The van der Waals surface area contributed by atoms with Gasteiger partial charge in [0, 0.05) is 17.8 Å². The number of amides is 1. The third-order valence-electron chi connectivity index (χ3n) is 2.22. The van der Waals surface area contributed by atoms with Crippen LogP contribution in [-0.2, 0) is 16.1 Å². The summed E-state index contributed by atoms with van der Waals surface area (Å²) in [5.41, 5.74) is 7.58. The fourth-order valence-corrected chi connectivity index (χ4v) is 1.37. The fourth-order valence-electron chi connectivity index (χ4n) is 1.37. The first-order valence-electron chi connectivity index (χ1n) is 5.61. The molecule has 1 aromatic carbocycles. The van der Waals surface area contributed by atoms with E-state index in [-0.39, 0.29) is 11.5 Å². The first-order chi connectivity index (χ1) is 8.33. The van der Waals surface area contributed by atoms with Crippen LogP contribution in [-0.4, -0.2) is 18.0 Å². The van der Waals surface area contributed by atoms with Crippen LogP contribution in [0.4, 0.5) is 5.69 Å². The molecule has 0 fully saturated rings. The lowest BCUT2D eigenvalue weighted by atomic mass is 10.1. The highest BCUT2D eigenvalue weighted by Crippen LogP contribution is 2.17. The molecule has 1 heterocycles. The van der Waals surface area contributed by atoms with Crippen molar-refractivity contribution in [2.24, 2.45) is 0 Å². The smallest absolute Gasteiger partial charge is 0.293 e. The third-order valence-corrected chi connectivity index (χ3v) is 2.22. The zero-order valence-corrected chi connectivity index (χ0v) is 10.8. The van der Waals surface area contributed by atoms with Crippen molar-refractivity contribution in [1.82, 2.24) is 5.32 Å². The predicted molar refractivity (Wildman–Crippen MR) is 68.9 cm³/mol. The molecule has 1 aliphatic rings. The standard InChI is InChI=1S/C8H8N2O.C5H10O2/c9-6-2-1-5-4-10-8(11)7(5)3-6;1-5(2,3)7-4-6/h1-3H,4,9H2,(H,10,11);4H,1-3H3. The SMILES string of the molecule is CC(C)(C)OC=O.Nc1ccc2c(c1)C(=O)NC2. The minimum atomic E-state index is -0.318. The molecule has 5 nitrogen and oxygen atoms in total. The second-order valence-electron chi connectivity index (χ2n) is 4.93. The summed E-state index contributed by atoms with van der Waals surface area (Å²) in [4.78, 5) is 20.6. The molecule has 0 unspecified atom stereocenters. The van der Waals surface area contributed by atoms with Crippen molar-refractivity contribution in [1.29, 1.82) is 0 Å². The van der Waals surface area contributed by atoms with Gasteiger partial charge < -0.3 is 15.8 Å². The van der Waals surface area contributed by atoms with Gasteiger partial charge in [0.25, 0.3) is 12.4 Å². The second kappa shape index (κ2) is 5.53. The minimum Gasteiger partial charge on any atom is -0.462 e. The number of ether oxygens (including phenoxy) is 1. The number of hydrogen-bond donors (Lipinski definition) is 2. The maximum atomic E-state index is 11.1. The van der Waals surface area contributed by atoms with Gasteiger partial charge in [0.15, 0.2) is 0 Å². The average Bonchev–Trinajstić information content (AvgIpc) is 2.59. The van der Waals surface area contributed by atoms with E-state index in [0.29, 0.717) is 24.3 Å². The van der Waals surface area contributed by atoms with Gasteiger partial charge in [-0.05, 0) is 38.5 Å². The maximum absolute atomic E-state index is 11.1. The van der Waals surface area contributed by atoms with E-state index in [4.69, 9.17) is 5.73 Å². The van der Waals surface area contributed by atoms with E-state index in [9.17, 15) is 9.59 Å². The molecular weight excluding hydrogens is 232 g/mol. The molecule has 0 radical (unpaired) electrons. The lowest BCUT2D eigenvalue weighted by molar-refractivity contribution is -0.138. The molecule has 0 bridgehead atoms. The molecule has 98 valence electrons. The Kier molecular flexibility index (Phi) is 4.31. The average molecular weight is 250 g/mol. The highest BCUT2D eigenvalue weighted by Gasteiger charge is 2.17. The van der Waals surface area contributed by atoms with E-state index < -0.39 is 0 Å². The number of anilines is 1. The highest BCUT2D eigenvalue weighted by molar-refractivity contribution is 5.99. The lowest BCUT2D eigenvalue weighted by Gasteiger charge is -2.14. The van der Waals surface area contributed by atoms with E-state index >= 15 is 0 Å². The largest absolute Gasteiger partial charge is 0.462 e. The maximum Gasteiger partial charge on any atom is 0.293 e. The predicted octanol–water partition coefficient (Wildman–Crippen LogP) is 1.47. The molecule has 0 saturated carbocycles. The summed E-state index contributed by atoms with van der Waals surface area (Å²) < 4.78 is 4.55. The van der Waals surface area contributed by atoms with Crippen LogP contribution in [0.5, 0.6) is 0 Å². The Balaban J connectivity index is 0.000000203. The van der Waals surface area contributed by atoms with Gasteiger partial charge in [-0.3, -0.25) is 9.59 Å². The first-order valence-corrected chi connectivity index (χ1v) is 5.61. The molecule has 0 saturated heterocycles. The van der Waals surface area contributed by atoms with Gasteiger partial charge in [-0.2, -0.15) is 0 Å². The Morgan fingerprint density at radius 1 is 1.39 bits per heavy atom. The van der Waals surface area contributed by atoms with Crippen LogP contribution in [0.2, 0.25) is 0 Å². The van der Waals surface area contributed by atoms with Gasteiger partial charge in [0.2, 0.25) is 0 Å². The second-order valence-corrected chi connectivity index (χ2v) is 4.93. The Morgan fingerprint density at radius 3 is 2.56 bits per heavy atom. The molecule has 2 rings (SSSR count). The number of nitrogens with two attached hydrogens (primary N) is 1. The van der Waals surface area contributed by atoms with Gasteiger partial charge in [0.1, 0.15) is 5.60 Å². The Morgan fingerprint density at radius 2 is 2.06 bits per heavy atom. The summed E-state index contributed by atoms with van der Waals surface area (Å²) in [7, 11) is 0. The van der Waals surface area contributed by atoms with E-state index in [0.717, 1.165) is 5.56 Å². The van der Waals surface area contributed by atoms with Crippen molar-refractivity contribution >= 4 is 18.1 Å². The molecule has 1 aliphatic heterocycles. The fraction of sp³-hybridized carbons (Fsp3) is 0.385. The summed E-state index contributed by atoms with van der Waals surface area (Å²) >= 11 is 0. The molecule has 0 aliphatic carbocycles. The minimum absolute atomic E-state index is 0.0210. The van der Waals surface area contributed by atoms with E-state index in [2.05, 4.69) is 10.1 Å². The normalized spacial score (nSPS) is 12.9. The number of nitrogen functional groups attached to an aromatic ring is 1. The molecule has 0 atom stereocenters. The first kappa shape index (κ1) is 14.0. The van der Waals surface area contributed by atoms with Crippen molar-refractivity contribution < 1.29 is 14.3 Å². The molecule has 1 amide bonds. The number of rotatable bonds is 1. The molecular formula is C13H18N2O3. The van der Waals surface area contributed by atoms with Crippen LogP contribution in [0.15, 0.2) is 18.2 Å². The summed E-state index contributed by atoms with van der Waals surface area (Å²) in [5, 5.41) is 2.72. The van der Waals surface area contributed by atoms with Crippen LogP contribution >= 0.6 is 0 Å². The van der Waals surface area contributed by atoms with Crippen molar-refractivity contribution in [3.63, 3.8) is 0 Å². The lowest BCUT2D eigenvalue weighted by Crippen LogP contribution is -2.17. The number of carbonyl (C=O) groups excluding carboxylic acids is 2. The van der Waals surface area contributed by atoms with Crippen LogP contribution in [0.3, 0.4) is 0 Å². The van der Waals surface area contributed by atoms with Gasteiger partial charge in [-0.15, -0.1) is 0 Å². The summed E-state index contributed by atoms with van der Waals surface area (Å²) in [6.07, 6.45) is 0. The van der Waals surface area contributed by atoms with Crippen LogP contribution in [0, 0.1) is 0 Å². The Labute approximate surface area is 106 Å². The van der Waals surface area contributed by atoms with Crippen molar-refractivity contribution in [3.8, 4) is 0 Å². The Bertz CT molecular complexity index is 450. The third kappa shape index (κ3) is 4.08. The van der Waals surface area contributed by atoms with Crippen molar-refractivity contribution in [2.75, 3.05) is 5.73 Å². The zero-order chi connectivity index (χ0) is 13.8.